The molecule has 0 radical (unpaired) electrons. The maximum absolute atomic E-state index is 6.17. The van der Waals surface area contributed by atoms with Crippen molar-refractivity contribution in [1.82, 2.24) is 9.97 Å². The van der Waals surface area contributed by atoms with Crippen molar-refractivity contribution < 1.29 is 0 Å². The van der Waals surface area contributed by atoms with E-state index in [0.29, 0.717) is 16.8 Å². The Morgan fingerprint density at radius 3 is 2.26 bits per heavy atom. The van der Waals surface area contributed by atoms with Crippen molar-refractivity contribution in [3.05, 3.63) is 69.3 Å². The maximum Gasteiger partial charge on any atom is 0.163 e. The van der Waals surface area contributed by atoms with Crippen molar-refractivity contribution in [3.63, 3.8) is 0 Å². The summed E-state index contributed by atoms with van der Waals surface area (Å²) < 4.78 is 1.06. The topological polar surface area (TPSA) is 37.8 Å². The molecule has 1 heterocycles. The van der Waals surface area contributed by atoms with E-state index >= 15 is 0 Å². The Balaban J connectivity index is 2.00. The number of halogens is 2. The molecule has 0 spiro atoms. The summed E-state index contributed by atoms with van der Waals surface area (Å²) in [5.74, 6) is 1.28. The summed E-state index contributed by atoms with van der Waals surface area (Å²) in [4.78, 5) is 8.90. The smallest absolute Gasteiger partial charge is 0.163 e. The van der Waals surface area contributed by atoms with Crippen LogP contribution < -0.4 is 5.32 Å². The molecule has 5 heteroatoms. The molecule has 1 N–H and O–H groups in total. The predicted molar refractivity (Wildman–Crippen MR) is 99.4 cm³/mol. The van der Waals surface area contributed by atoms with Gasteiger partial charge in [0, 0.05) is 21.8 Å². The van der Waals surface area contributed by atoms with Gasteiger partial charge in [0.1, 0.15) is 11.0 Å². The Hall–Kier alpha value is -1.91. The number of anilines is 2. The van der Waals surface area contributed by atoms with Crippen molar-refractivity contribution in [2.24, 2.45) is 0 Å². The number of rotatable bonds is 3. The second kappa shape index (κ2) is 6.69. The van der Waals surface area contributed by atoms with E-state index < -0.39 is 0 Å². The molecule has 0 bridgehead atoms. The number of hydrogen-bond acceptors (Lipinski definition) is 3. The fourth-order valence-electron chi connectivity index (χ4n) is 2.43. The third-order valence-corrected chi connectivity index (χ3v) is 4.13. The van der Waals surface area contributed by atoms with Gasteiger partial charge in [-0.3, -0.25) is 0 Å². The van der Waals surface area contributed by atoms with Crippen LogP contribution in [0.2, 0.25) is 5.15 Å². The predicted octanol–water partition coefficient (Wildman–Crippen LogP) is 5.92. The van der Waals surface area contributed by atoms with Crippen LogP contribution in [0.4, 0.5) is 11.5 Å². The zero-order valence-electron chi connectivity index (χ0n) is 12.8. The zero-order chi connectivity index (χ0) is 16.4. The van der Waals surface area contributed by atoms with Crippen molar-refractivity contribution in [3.8, 4) is 11.4 Å². The van der Waals surface area contributed by atoms with Crippen molar-refractivity contribution in [2.75, 3.05) is 5.32 Å². The first-order valence-electron chi connectivity index (χ1n) is 7.17. The third kappa shape index (κ3) is 3.71. The van der Waals surface area contributed by atoms with E-state index in [0.717, 1.165) is 26.9 Å². The molecule has 0 amide bonds. The summed E-state index contributed by atoms with van der Waals surface area (Å²) in [5.41, 5.74) is 4.23. The lowest BCUT2D eigenvalue weighted by molar-refractivity contribution is 1.17. The maximum atomic E-state index is 6.17. The molecule has 0 atom stereocenters. The van der Waals surface area contributed by atoms with Gasteiger partial charge in [0.05, 0.1) is 0 Å². The van der Waals surface area contributed by atoms with E-state index in [4.69, 9.17) is 11.6 Å². The van der Waals surface area contributed by atoms with Gasteiger partial charge in [-0.2, -0.15) is 0 Å². The molecule has 3 nitrogen and oxygen atoms in total. The van der Waals surface area contributed by atoms with Crippen LogP contribution in [0.3, 0.4) is 0 Å². The van der Waals surface area contributed by atoms with Crippen molar-refractivity contribution >= 4 is 39.0 Å². The molecule has 0 saturated heterocycles. The molecule has 3 aromatic rings. The lowest BCUT2D eigenvalue weighted by Gasteiger charge is -2.13. The van der Waals surface area contributed by atoms with Crippen molar-refractivity contribution in [1.29, 1.82) is 0 Å². The van der Waals surface area contributed by atoms with Crippen LogP contribution >= 0.6 is 27.5 Å². The summed E-state index contributed by atoms with van der Waals surface area (Å²) in [7, 11) is 0. The van der Waals surface area contributed by atoms with E-state index in [-0.39, 0.29) is 0 Å². The molecule has 3 rings (SSSR count). The molecule has 2 aromatic carbocycles. The number of nitrogens with zero attached hydrogens (tertiary/aromatic N) is 2. The fourth-order valence-corrected chi connectivity index (χ4v) is 3.30. The first kappa shape index (κ1) is 16.0. The Labute approximate surface area is 148 Å². The van der Waals surface area contributed by atoms with Crippen LogP contribution in [0, 0.1) is 13.8 Å². The quantitative estimate of drug-likeness (QED) is 0.566. The molecule has 0 fully saturated rings. The highest BCUT2D eigenvalue weighted by molar-refractivity contribution is 9.10. The number of aryl methyl sites for hydroxylation is 2. The minimum absolute atomic E-state index is 0.411. The molecule has 0 saturated carbocycles. The number of benzene rings is 2. The Kier molecular flexibility index (Phi) is 4.64. The van der Waals surface area contributed by atoms with Gasteiger partial charge in [0.15, 0.2) is 5.82 Å². The molecule has 0 aliphatic carbocycles. The summed E-state index contributed by atoms with van der Waals surface area (Å²) in [6.07, 6.45) is 0. The molecule has 0 unspecified atom stereocenters. The highest BCUT2D eigenvalue weighted by Crippen LogP contribution is 2.29. The van der Waals surface area contributed by atoms with E-state index in [1.54, 1.807) is 6.07 Å². The van der Waals surface area contributed by atoms with Crippen LogP contribution in [-0.2, 0) is 0 Å². The van der Waals surface area contributed by atoms with E-state index in [2.05, 4.69) is 57.2 Å². The Morgan fingerprint density at radius 2 is 1.61 bits per heavy atom. The average Bonchev–Trinajstić information content (AvgIpc) is 2.51. The van der Waals surface area contributed by atoms with Crippen LogP contribution in [0.25, 0.3) is 11.4 Å². The van der Waals surface area contributed by atoms with E-state index in [1.807, 2.05) is 30.3 Å². The second-order valence-electron chi connectivity index (χ2n) is 5.31. The first-order chi connectivity index (χ1) is 11.0. The lowest BCUT2D eigenvalue weighted by Crippen LogP contribution is -2.01. The van der Waals surface area contributed by atoms with E-state index in [9.17, 15) is 0 Å². The summed E-state index contributed by atoms with van der Waals surface area (Å²) in [6.45, 7) is 4.11. The number of hydrogen-bond donors (Lipinski definition) is 1. The van der Waals surface area contributed by atoms with Crippen LogP contribution in [-0.4, -0.2) is 9.97 Å². The van der Waals surface area contributed by atoms with Crippen LogP contribution in [0.15, 0.2) is 53.0 Å². The Bertz CT molecular complexity index is 827. The molecular weight excluding hydrogens is 374 g/mol. The third-order valence-electron chi connectivity index (χ3n) is 3.48. The number of aromatic nitrogens is 2. The molecule has 0 aliphatic heterocycles. The largest absolute Gasteiger partial charge is 0.340 e. The molecular formula is C18H15BrClN3. The SMILES string of the molecule is Cc1cc(Br)cc(C)c1Nc1cc(Cl)nc(-c2ccccc2)n1. The van der Waals surface area contributed by atoms with Gasteiger partial charge in [-0.1, -0.05) is 57.9 Å². The van der Waals surface area contributed by atoms with E-state index in [1.165, 1.54) is 0 Å². The molecule has 1 aromatic heterocycles. The zero-order valence-corrected chi connectivity index (χ0v) is 15.1. The normalized spacial score (nSPS) is 10.6. The summed E-state index contributed by atoms with van der Waals surface area (Å²) in [6, 6.07) is 15.7. The van der Waals surface area contributed by atoms with Gasteiger partial charge in [-0.05, 0) is 37.1 Å². The minimum atomic E-state index is 0.411. The second-order valence-corrected chi connectivity index (χ2v) is 6.61. The monoisotopic (exact) mass is 387 g/mol. The Morgan fingerprint density at radius 1 is 0.957 bits per heavy atom. The van der Waals surface area contributed by atoms with Gasteiger partial charge in [0.2, 0.25) is 0 Å². The minimum Gasteiger partial charge on any atom is -0.340 e. The van der Waals surface area contributed by atoms with Gasteiger partial charge in [-0.25, -0.2) is 9.97 Å². The van der Waals surface area contributed by atoms with Crippen molar-refractivity contribution in [2.45, 2.75) is 13.8 Å². The van der Waals surface area contributed by atoms with Crippen LogP contribution in [0.1, 0.15) is 11.1 Å². The number of nitrogens with one attached hydrogen (secondary N) is 1. The standard InChI is InChI=1S/C18H15BrClN3/c1-11-8-14(19)9-12(2)17(11)22-16-10-15(20)21-18(23-16)13-6-4-3-5-7-13/h3-10H,1-2H3,(H,21,22,23). The first-order valence-corrected chi connectivity index (χ1v) is 8.34. The highest BCUT2D eigenvalue weighted by atomic mass is 79.9. The van der Waals surface area contributed by atoms with Gasteiger partial charge >= 0.3 is 0 Å². The average molecular weight is 389 g/mol. The summed E-state index contributed by atoms with van der Waals surface area (Å²) in [5, 5.41) is 3.77. The van der Waals surface area contributed by atoms with Gasteiger partial charge < -0.3 is 5.32 Å². The van der Waals surface area contributed by atoms with Gasteiger partial charge in [0.25, 0.3) is 0 Å². The molecule has 23 heavy (non-hydrogen) atoms. The van der Waals surface area contributed by atoms with Gasteiger partial charge in [-0.15, -0.1) is 0 Å². The summed E-state index contributed by atoms with van der Waals surface area (Å²) >= 11 is 9.68. The van der Waals surface area contributed by atoms with Crippen LogP contribution in [0.5, 0.6) is 0 Å². The molecule has 116 valence electrons. The highest BCUT2D eigenvalue weighted by Gasteiger charge is 2.09. The fraction of sp³-hybridized carbons (Fsp3) is 0.111. The lowest BCUT2D eigenvalue weighted by atomic mass is 10.1. The molecule has 0 aliphatic rings.